The summed E-state index contributed by atoms with van der Waals surface area (Å²) in [6.45, 7) is 3.61. The number of para-hydroxylation sites is 1. The summed E-state index contributed by atoms with van der Waals surface area (Å²) in [5.41, 5.74) is 8.02. The Labute approximate surface area is 248 Å². The second kappa shape index (κ2) is 13.8. The molecule has 2 aromatic carbocycles. The van der Waals surface area contributed by atoms with Gasteiger partial charge >= 0.3 is 0 Å². The first kappa shape index (κ1) is 30.2. The number of morpholine rings is 1. The summed E-state index contributed by atoms with van der Waals surface area (Å²) in [4.78, 5) is 36.2. The second-order valence-electron chi connectivity index (χ2n) is 10.8. The topological polar surface area (TPSA) is 138 Å². The average molecular weight is 592 g/mol. The van der Waals surface area contributed by atoms with Gasteiger partial charge < -0.3 is 26.1 Å². The summed E-state index contributed by atoms with van der Waals surface area (Å²) < 4.78 is 35.7. The molecule has 0 radical (unpaired) electrons. The van der Waals surface area contributed by atoms with Gasteiger partial charge in [0.05, 0.1) is 36.1 Å². The molecule has 0 atom stereocenters. The van der Waals surface area contributed by atoms with Crippen LogP contribution in [0.15, 0.2) is 42.7 Å². The molecule has 4 N–H and O–H groups in total. The Bertz CT molecular complexity index is 1510. The minimum absolute atomic E-state index is 0.0265. The third-order valence-corrected chi connectivity index (χ3v) is 7.87. The molecule has 0 bridgehead atoms. The third kappa shape index (κ3) is 7.38. The molecule has 2 aliphatic rings. The van der Waals surface area contributed by atoms with Crippen molar-refractivity contribution in [3.63, 3.8) is 0 Å². The first-order chi connectivity index (χ1) is 20.8. The number of carbonyl (C=O) groups is 2. The number of carbonyl (C=O) groups excluding carboxylic acids is 2. The van der Waals surface area contributed by atoms with Crippen LogP contribution in [0.1, 0.15) is 36.9 Å². The van der Waals surface area contributed by atoms with Crippen molar-refractivity contribution in [2.75, 3.05) is 39.4 Å². The Balaban J connectivity index is 1.32. The van der Waals surface area contributed by atoms with E-state index in [-0.39, 0.29) is 36.9 Å². The molecule has 226 valence electrons. The Hall–Kier alpha value is -4.29. The Morgan fingerprint density at radius 3 is 2.49 bits per heavy atom. The molecule has 3 heterocycles. The van der Waals surface area contributed by atoms with E-state index in [0.717, 1.165) is 0 Å². The van der Waals surface area contributed by atoms with Crippen LogP contribution in [-0.4, -0.2) is 83.2 Å². The fourth-order valence-corrected chi connectivity index (χ4v) is 5.38. The van der Waals surface area contributed by atoms with Gasteiger partial charge in [-0.2, -0.15) is 0 Å². The number of rotatable bonds is 10. The molecule has 1 aromatic heterocycles. The summed E-state index contributed by atoms with van der Waals surface area (Å²) in [7, 11) is 0. The summed E-state index contributed by atoms with van der Waals surface area (Å²) in [5, 5.41) is 11.3. The van der Waals surface area contributed by atoms with Crippen LogP contribution < -0.4 is 11.1 Å². The van der Waals surface area contributed by atoms with Crippen molar-refractivity contribution in [2.24, 2.45) is 5.73 Å². The average Bonchev–Trinajstić information content (AvgIpc) is 3.02. The number of piperidine rings is 1. The van der Waals surface area contributed by atoms with Gasteiger partial charge in [0.15, 0.2) is 0 Å². The quantitative estimate of drug-likeness (QED) is 0.308. The minimum Gasteiger partial charge on any atom is -0.387 e. The van der Waals surface area contributed by atoms with Crippen molar-refractivity contribution in [3.05, 3.63) is 65.6 Å². The SMILES string of the molecule is N=C/C(=C\NC1CCN(C(=O)CCC(N)=O)CC1)c1cnc2cccc(-c3cc(F)c(CN4CCOCC4)c(F)c3)c2n1. The molecule has 0 spiro atoms. The number of nitrogens with one attached hydrogen (secondary N) is 2. The van der Waals surface area contributed by atoms with Gasteiger partial charge in [0.25, 0.3) is 0 Å². The second-order valence-corrected chi connectivity index (χ2v) is 10.8. The summed E-state index contributed by atoms with van der Waals surface area (Å²) in [6, 6.07) is 8.05. The van der Waals surface area contributed by atoms with Crippen molar-refractivity contribution >= 4 is 34.6 Å². The lowest BCUT2D eigenvalue weighted by Crippen LogP contribution is -2.44. The van der Waals surface area contributed by atoms with Crippen molar-refractivity contribution in [3.8, 4) is 11.1 Å². The van der Waals surface area contributed by atoms with E-state index in [9.17, 15) is 9.59 Å². The lowest BCUT2D eigenvalue weighted by molar-refractivity contribution is -0.134. The summed E-state index contributed by atoms with van der Waals surface area (Å²) >= 11 is 0. The van der Waals surface area contributed by atoms with E-state index in [0.29, 0.717) is 85.7 Å². The fraction of sp³-hybridized carbons (Fsp3) is 0.387. The number of fused-ring (bicyclic) bond motifs is 1. The smallest absolute Gasteiger partial charge is 0.223 e. The predicted molar refractivity (Wildman–Crippen MR) is 159 cm³/mol. The molecule has 2 fully saturated rings. The maximum absolute atomic E-state index is 15.2. The first-order valence-electron chi connectivity index (χ1n) is 14.4. The maximum atomic E-state index is 15.2. The van der Waals surface area contributed by atoms with Gasteiger partial charge in [0.2, 0.25) is 11.8 Å². The summed E-state index contributed by atoms with van der Waals surface area (Å²) in [5.74, 6) is -1.81. The molecular formula is C31H35F2N7O3. The van der Waals surface area contributed by atoms with Crippen LogP contribution >= 0.6 is 0 Å². The number of hydrogen-bond donors (Lipinski definition) is 3. The number of nitrogens with two attached hydrogens (primary N) is 1. The zero-order chi connectivity index (χ0) is 30.3. The maximum Gasteiger partial charge on any atom is 0.223 e. The molecule has 3 aromatic rings. The van der Waals surface area contributed by atoms with E-state index in [2.05, 4.69) is 10.3 Å². The standard InChI is InChI=1S/C31H35F2N7O3/c32-25-14-20(15-26(33)24(25)19-39-10-12-43-13-11-39)23-2-1-3-27-31(23)38-28(18-37-27)21(16-34)17-36-22-6-8-40(9-7-22)30(42)5-4-29(35)41/h1-3,14-18,22,34,36H,4-13,19H2,(H2,35,41)/b21-17+,34-16?. The third-order valence-electron chi connectivity index (χ3n) is 7.87. The zero-order valence-electron chi connectivity index (χ0n) is 23.8. The molecule has 0 saturated carbocycles. The largest absolute Gasteiger partial charge is 0.387 e. The Kier molecular flexibility index (Phi) is 9.68. The van der Waals surface area contributed by atoms with Gasteiger partial charge in [0, 0.05) is 80.7 Å². The lowest BCUT2D eigenvalue weighted by Gasteiger charge is -2.32. The first-order valence-corrected chi connectivity index (χ1v) is 14.4. The molecule has 2 amide bonds. The highest BCUT2D eigenvalue weighted by Crippen LogP contribution is 2.30. The molecular weight excluding hydrogens is 556 g/mol. The molecule has 2 aliphatic heterocycles. The van der Waals surface area contributed by atoms with Crippen molar-refractivity contribution in [2.45, 2.75) is 38.3 Å². The van der Waals surface area contributed by atoms with Gasteiger partial charge in [-0.25, -0.2) is 13.8 Å². The lowest BCUT2D eigenvalue weighted by atomic mass is 10.0. The highest BCUT2D eigenvalue weighted by atomic mass is 19.1. The highest BCUT2D eigenvalue weighted by molar-refractivity contribution is 6.08. The van der Waals surface area contributed by atoms with E-state index in [1.807, 2.05) is 4.90 Å². The fourth-order valence-electron chi connectivity index (χ4n) is 5.38. The molecule has 5 rings (SSSR count). The number of halogens is 2. The number of nitrogens with zero attached hydrogens (tertiary/aromatic N) is 4. The number of ether oxygens (including phenoxy) is 1. The number of primary amides is 1. The monoisotopic (exact) mass is 591 g/mol. The van der Waals surface area contributed by atoms with Crippen LogP contribution in [0.25, 0.3) is 27.7 Å². The van der Waals surface area contributed by atoms with Crippen molar-refractivity contribution in [1.82, 2.24) is 25.1 Å². The van der Waals surface area contributed by atoms with Gasteiger partial charge in [-0.3, -0.25) is 19.5 Å². The van der Waals surface area contributed by atoms with E-state index in [4.69, 9.17) is 20.9 Å². The number of aromatic nitrogens is 2. The van der Waals surface area contributed by atoms with Crippen LogP contribution in [0.3, 0.4) is 0 Å². The Morgan fingerprint density at radius 1 is 1.09 bits per heavy atom. The number of amides is 2. The Morgan fingerprint density at radius 2 is 1.81 bits per heavy atom. The van der Waals surface area contributed by atoms with Crippen LogP contribution in [0.5, 0.6) is 0 Å². The van der Waals surface area contributed by atoms with Crippen molar-refractivity contribution < 1.29 is 23.1 Å². The number of hydrogen-bond acceptors (Lipinski definition) is 8. The molecule has 2 saturated heterocycles. The van der Waals surface area contributed by atoms with E-state index < -0.39 is 17.5 Å². The van der Waals surface area contributed by atoms with Crippen LogP contribution in [0, 0.1) is 17.0 Å². The van der Waals surface area contributed by atoms with Crippen LogP contribution in [0.2, 0.25) is 0 Å². The van der Waals surface area contributed by atoms with Gasteiger partial charge in [-0.05, 0) is 36.6 Å². The van der Waals surface area contributed by atoms with Gasteiger partial charge in [-0.1, -0.05) is 12.1 Å². The van der Waals surface area contributed by atoms with Crippen molar-refractivity contribution in [1.29, 1.82) is 5.41 Å². The molecule has 0 aliphatic carbocycles. The number of likely N-dealkylation sites (tertiary alicyclic amines) is 1. The summed E-state index contributed by atoms with van der Waals surface area (Å²) in [6.07, 6.45) is 6.02. The molecule has 12 heteroatoms. The minimum atomic E-state index is -0.618. The molecule has 10 nitrogen and oxygen atoms in total. The molecule has 43 heavy (non-hydrogen) atoms. The van der Waals surface area contributed by atoms with Gasteiger partial charge in [0.1, 0.15) is 11.6 Å². The number of allylic oxidation sites excluding steroid dienone is 1. The highest BCUT2D eigenvalue weighted by Gasteiger charge is 2.23. The van der Waals surface area contributed by atoms with E-state index in [1.54, 1.807) is 35.5 Å². The zero-order valence-corrected chi connectivity index (χ0v) is 23.8. The molecule has 0 unspecified atom stereocenters. The predicted octanol–water partition coefficient (Wildman–Crippen LogP) is 3.24. The van der Waals surface area contributed by atoms with E-state index in [1.165, 1.54) is 18.3 Å². The normalized spacial score (nSPS) is 16.8. The van der Waals surface area contributed by atoms with Crippen LogP contribution in [0.4, 0.5) is 8.78 Å². The van der Waals surface area contributed by atoms with E-state index >= 15 is 8.78 Å². The van der Waals surface area contributed by atoms with Gasteiger partial charge in [-0.15, -0.1) is 0 Å². The van der Waals surface area contributed by atoms with Crippen LogP contribution in [-0.2, 0) is 20.9 Å². The number of benzene rings is 2.